The van der Waals surface area contributed by atoms with Crippen LogP contribution in [0, 0.1) is 0 Å². The molecule has 8 heteroatoms. The molecule has 0 heterocycles. The van der Waals surface area contributed by atoms with Crippen LogP contribution in [0.1, 0.15) is 18.1 Å². The van der Waals surface area contributed by atoms with Crippen molar-refractivity contribution < 1.29 is 8.42 Å². The van der Waals surface area contributed by atoms with Gasteiger partial charge < -0.3 is 10.6 Å². The SMILES string of the molecule is CCNC(=NCc1ccc(S(=O)(=O)N(C)C)cc1)NCCc1ccccc1.I. The molecule has 0 radical (unpaired) electrons. The molecule has 2 N–H and O–H groups in total. The minimum Gasteiger partial charge on any atom is -0.357 e. The Kier molecular flexibility index (Phi) is 10.5. The van der Waals surface area contributed by atoms with Gasteiger partial charge in [-0.25, -0.2) is 17.7 Å². The summed E-state index contributed by atoms with van der Waals surface area (Å²) < 4.78 is 25.4. The highest BCUT2D eigenvalue weighted by molar-refractivity contribution is 14.0. The monoisotopic (exact) mass is 516 g/mol. The highest BCUT2D eigenvalue weighted by Gasteiger charge is 2.16. The second kappa shape index (κ2) is 12.0. The molecular weight excluding hydrogens is 487 g/mol. The summed E-state index contributed by atoms with van der Waals surface area (Å²) in [6, 6.07) is 17.1. The van der Waals surface area contributed by atoms with Crippen LogP contribution in [0.3, 0.4) is 0 Å². The number of guanidine groups is 1. The molecule has 0 aliphatic heterocycles. The molecule has 0 spiro atoms. The van der Waals surface area contributed by atoms with E-state index >= 15 is 0 Å². The molecule has 0 aromatic heterocycles. The summed E-state index contributed by atoms with van der Waals surface area (Å²) >= 11 is 0. The van der Waals surface area contributed by atoms with Gasteiger partial charge >= 0.3 is 0 Å². The predicted molar refractivity (Wildman–Crippen MR) is 126 cm³/mol. The fourth-order valence-corrected chi connectivity index (χ4v) is 3.36. The van der Waals surface area contributed by atoms with Crippen molar-refractivity contribution in [3.63, 3.8) is 0 Å². The smallest absolute Gasteiger partial charge is 0.242 e. The molecule has 0 aliphatic carbocycles. The van der Waals surface area contributed by atoms with Gasteiger partial charge in [-0.15, -0.1) is 24.0 Å². The van der Waals surface area contributed by atoms with Crippen molar-refractivity contribution >= 4 is 40.0 Å². The number of halogens is 1. The molecule has 0 atom stereocenters. The average Bonchev–Trinajstić information content (AvgIpc) is 2.67. The molecule has 0 aliphatic rings. The zero-order valence-electron chi connectivity index (χ0n) is 16.6. The van der Waals surface area contributed by atoms with Crippen molar-refractivity contribution in [1.29, 1.82) is 0 Å². The van der Waals surface area contributed by atoms with Crippen molar-refractivity contribution in [3.8, 4) is 0 Å². The Morgan fingerprint density at radius 1 is 0.964 bits per heavy atom. The summed E-state index contributed by atoms with van der Waals surface area (Å²) in [5.41, 5.74) is 2.23. The van der Waals surface area contributed by atoms with E-state index in [1.807, 2.05) is 25.1 Å². The number of hydrogen-bond acceptors (Lipinski definition) is 3. The third kappa shape index (κ3) is 7.40. The van der Waals surface area contributed by atoms with E-state index < -0.39 is 10.0 Å². The van der Waals surface area contributed by atoms with E-state index in [1.54, 1.807) is 24.3 Å². The number of aliphatic imine (C=N–C) groups is 1. The number of sulfonamides is 1. The first-order chi connectivity index (χ1) is 12.9. The maximum Gasteiger partial charge on any atom is 0.242 e. The zero-order chi connectivity index (χ0) is 19.7. The van der Waals surface area contributed by atoms with E-state index in [-0.39, 0.29) is 28.9 Å². The molecular formula is C20H29IN4O2S. The Labute approximate surface area is 185 Å². The molecule has 0 saturated carbocycles. The fourth-order valence-electron chi connectivity index (χ4n) is 2.46. The van der Waals surface area contributed by atoms with Crippen LogP contribution in [0.5, 0.6) is 0 Å². The quantitative estimate of drug-likeness (QED) is 0.322. The van der Waals surface area contributed by atoms with Crippen LogP contribution in [-0.2, 0) is 23.0 Å². The lowest BCUT2D eigenvalue weighted by Crippen LogP contribution is -2.38. The van der Waals surface area contributed by atoms with Gasteiger partial charge in [0.1, 0.15) is 0 Å². The minimum atomic E-state index is -3.40. The fraction of sp³-hybridized carbons (Fsp3) is 0.350. The summed E-state index contributed by atoms with van der Waals surface area (Å²) in [5.74, 6) is 0.749. The van der Waals surface area contributed by atoms with Crippen molar-refractivity contribution in [2.45, 2.75) is 24.8 Å². The third-order valence-electron chi connectivity index (χ3n) is 4.01. The van der Waals surface area contributed by atoms with Crippen LogP contribution in [0.2, 0.25) is 0 Å². The third-order valence-corrected chi connectivity index (χ3v) is 5.84. The van der Waals surface area contributed by atoms with Gasteiger partial charge in [-0.2, -0.15) is 0 Å². The van der Waals surface area contributed by atoms with E-state index in [9.17, 15) is 8.42 Å². The van der Waals surface area contributed by atoms with Crippen LogP contribution in [-0.4, -0.2) is 45.9 Å². The summed E-state index contributed by atoms with van der Waals surface area (Å²) in [5, 5.41) is 6.55. The van der Waals surface area contributed by atoms with Gasteiger partial charge in [0.2, 0.25) is 10.0 Å². The molecule has 0 fully saturated rings. The van der Waals surface area contributed by atoms with E-state index in [4.69, 9.17) is 0 Å². The lowest BCUT2D eigenvalue weighted by Gasteiger charge is -2.12. The van der Waals surface area contributed by atoms with Gasteiger partial charge in [0.15, 0.2) is 5.96 Å². The van der Waals surface area contributed by atoms with Crippen molar-refractivity contribution in [1.82, 2.24) is 14.9 Å². The molecule has 154 valence electrons. The zero-order valence-corrected chi connectivity index (χ0v) is 19.7. The maximum atomic E-state index is 12.1. The topological polar surface area (TPSA) is 73.8 Å². The Bertz CT molecular complexity index is 838. The van der Waals surface area contributed by atoms with Gasteiger partial charge in [0, 0.05) is 27.2 Å². The molecule has 2 aromatic carbocycles. The largest absolute Gasteiger partial charge is 0.357 e. The standard InChI is InChI=1S/C20H28N4O2S.HI/c1-4-21-20(22-15-14-17-8-6-5-7-9-17)23-16-18-10-12-19(13-11-18)27(25,26)24(2)3;/h5-13H,4,14-16H2,1-3H3,(H2,21,22,23);1H. The highest BCUT2D eigenvalue weighted by Crippen LogP contribution is 2.14. The molecule has 0 amide bonds. The van der Waals surface area contributed by atoms with E-state index in [1.165, 1.54) is 24.0 Å². The van der Waals surface area contributed by atoms with Crippen LogP contribution >= 0.6 is 24.0 Å². The number of hydrogen-bond donors (Lipinski definition) is 2. The van der Waals surface area contributed by atoms with Crippen molar-refractivity contribution in [2.75, 3.05) is 27.2 Å². The summed E-state index contributed by atoms with van der Waals surface area (Å²) in [7, 11) is -0.349. The van der Waals surface area contributed by atoms with E-state index in [2.05, 4.69) is 27.8 Å². The molecule has 0 saturated heterocycles. The van der Waals surface area contributed by atoms with Crippen LogP contribution < -0.4 is 10.6 Å². The molecule has 0 unspecified atom stereocenters. The first-order valence-electron chi connectivity index (χ1n) is 9.01. The average molecular weight is 516 g/mol. The van der Waals surface area contributed by atoms with Crippen LogP contribution in [0.25, 0.3) is 0 Å². The van der Waals surface area contributed by atoms with Gasteiger partial charge in [0.25, 0.3) is 0 Å². The first kappa shape index (κ1) is 24.4. The molecule has 28 heavy (non-hydrogen) atoms. The summed E-state index contributed by atoms with van der Waals surface area (Å²) in [4.78, 5) is 4.86. The molecule has 2 aromatic rings. The Morgan fingerprint density at radius 2 is 1.61 bits per heavy atom. The minimum absolute atomic E-state index is 0. The van der Waals surface area contributed by atoms with E-state index in [0.717, 1.165) is 31.0 Å². The van der Waals surface area contributed by atoms with Gasteiger partial charge in [0.05, 0.1) is 11.4 Å². The van der Waals surface area contributed by atoms with Crippen molar-refractivity contribution in [3.05, 3.63) is 65.7 Å². The number of nitrogens with zero attached hydrogens (tertiary/aromatic N) is 2. The van der Waals surface area contributed by atoms with Crippen molar-refractivity contribution in [2.24, 2.45) is 4.99 Å². The summed E-state index contributed by atoms with van der Waals surface area (Å²) in [6.07, 6.45) is 0.919. The predicted octanol–water partition coefficient (Wildman–Crippen LogP) is 2.85. The lowest BCUT2D eigenvalue weighted by molar-refractivity contribution is 0.520. The van der Waals surface area contributed by atoms with Gasteiger partial charge in [-0.1, -0.05) is 42.5 Å². The van der Waals surface area contributed by atoms with Gasteiger partial charge in [-0.3, -0.25) is 0 Å². The molecule has 0 bridgehead atoms. The van der Waals surface area contributed by atoms with Crippen LogP contribution in [0.15, 0.2) is 64.5 Å². The normalized spacial score (nSPS) is 11.8. The van der Waals surface area contributed by atoms with Crippen LogP contribution in [0.4, 0.5) is 0 Å². The maximum absolute atomic E-state index is 12.1. The Hall–Kier alpha value is -1.65. The Balaban J connectivity index is 0.00000392. The first-order valence-corrected chi connectivity index (χ1v) is 10.4. The van der Waals surface area contributed by atoms with E-state index in [0.29, 0.717) is 6.54 Å². The second-order valence-electron chi connectivity index (χ2n) is 6.29. The number of nitrogens with one attached hydrogen (secondary N) is 2. The summed E-state index contributed by atoms with van der Waals surface area (Å²) in [6.45, 7) is 4.06. The molecule has 6 nitrogen and oxygen atoms in total. The molecule has 2 rings (SSSR count). The van der Waals surface area contributed by atoms with Gasteiger partial charge in [-0.05, 0) is 36.6 Å². The Morgan fingerprint density at radius 3 is 2.18 bits per heavy atom. The highest BCUT2D eigenvalue weighted by atomic mass is 127. The second-order valence-corrected chi connectivity index (χ2v) is 8.44. The number of rotatable bonds is 8. The lowest BCUT2D eigenvalue weighted by atomic mass is 10.1. The number of benzene rings is 2.